The first kappa shape index (κ1) is 16.8. The van der Waals surface area contributed by atoms with Crippen LogP contribution in [0.3, 0.4) is 0 Å². The van der Waals surface area contributed by atoms with Crippen molar-refractivity contribution in [1.29, 1.82) is 0 Å². The summed E-state index contributed by atoms with van der Waals surface area (Å²) in [4.78, 5) is 2.88. The molecule has 0 aliphatic rings. The lowest BCUT2D eigenvalue weighted by Gasteiger charge is -2.18. The predicted octanol–water partition coefficient (Wildman–Crippen LogP) is 5.38. The molecule has 0 radical (unpaired) electrons. The Kier molecular flexibility index (Phi) is 6.56. The Labute approximate surface area is 141 Å². The quantitative estimate of drug-likeness (QED) is 0.712. The van der Waals surface area contributed by atoms with Crippen LogP contribution in [0.2, 0.25) is 10.0 Å². The molecular weight excluding hydrogens is 321 g/mol. The van der Waals surface area contributed by atoms with Gasteiger partial charge in [0.2, 0.25) is 0 Å². The van der Waals surface area contributed by atoms with E-state index in [0.29, 0.717) is 11.1 Å². The molecule has 0 aliphatic carbocycles. The van der Waals surface area contributed by atoms with Gasteiger partial charge in [-0.05, 0) is 55.6 Å². The van der Waals surface area contributed by atoms with Crippen LogP contribution in [0.1, 0.15) is 29.2 Å². The Balaban J connectivity index is 2.07. The summed E-state index contributed by atoms with van der Waals surface area (Å²) < 4.78 is 0. The third-order valence-electron chi connectivity index (χ3n) is 3.49. The normalized spacial score (nSPS) is 12.6. The zero-order valence-corrected chi connectivity index (χ0v) is 14.8. The van der Waals surface area contributed by atoms with Crippen LogP contribution in [-0.2, 0) is 19.3 Å². The summed E-state index contributed by atoms with van der Waals surface area (Å²) in [6.07, 6.45) is 3.07. The van der Waals surface area contributed by atoms with Crippen LogP contribution in [0.5, 0.6) is 0 Å². The Morgan fingerprint density at radius 1 is 1.05 bits per heavy atom. The van der Waals surface area contributed by atoms with Gasteiger partial charge in [-0.25, -0.2) is 0 Å². The van der Waals surface area contributed by atoms with E-state index in [9.17, 15) is 0 Å². The first-order chi connectivity index (χ1) is 10.1. The van der Waals surface area contributed by atoms with E-state index in [-0.39, 0.29) is 0 Å². The molecule has 0 spiro atoms. The van der Waals surface area contributed by atoms with E-state index in [0.717, 1.165) is 36.4 Å². The molecule has 0 amide bonds. The minimum absolute atomic E-state index is 0.400. The number of thiophene rings is 1. The zero-order chi connectivity index (χ0) is 15.2. The van der Waals surface area contributed by atoms with Crippen molar-refractivity contribution in [1.82, 2.24) is 5.32 Å². The van der Waals surface area contributed by atoms with Crippen LogP contribution >= 0.6 is 34.5 Å². The fraction of sp³-hybridized carbons (Fsp3) is 0.412. The van der Waals surface area contributed by atoms with Crippen LogP contribution in [0.4, 0.5) is 0 Å². The van der Waals surface area contributed by atoms with Crippen LogP contribution in [-0.4, -0.2) is 12.6 Å². The summed E-state index contributed by atoms with van der Waals surface area (Å²) in [5.41, 5.74) is 1.15. The van der Waals surface area contributed by atoms with Crippen molar-refractivity contribution >= 4 is 34.5 Å². The van der Waals surface area contributed by atoms with Crippen molar-refractivity contribution in [3.63, 3.8) is 0 Å². The summed E-state index contributed by atoms with van der Waals surface area (Å²) in [5.74, 6) is 0. The Hall–Kier alpha value is -0.540. The maximum atomic E-state index is 6.29. The Morgan fingerprint density at radius 3 is 2.43 bits per heavy atom. The monoisotopic (exact) mass is 341 g/mol. The van der Waals surface area contributed by atoms with Gasteiger partial charge in [0, 0.05) is 25.8 Å². The number of aryl methyl sites for hydroxylation is 1. The maximum Gasteiger partial charge on any atom is 0.0453 e. The molecule has 0 bridgehead atoms. The van der Waals surface area contributed by atoms with Crippen LogP contribution in [0.15, 0.2) is 30.3 Å². The molecule has 1 aromatic carbocycles. The van der Waals surface area contributed by atoms with E-state index >= 15 is 0 Å². The Bertz CT molecular complexity index is 580. The second kappa shape index (κ2) is 8.19. The predicted molar refractivity (Wildman–Crippen MR) is 95.0 cm³/mol. The molecule has 1 aromatic heterocycles. The first-order valence-electron chi connectivity index (χ1n) is 7.37. The summed E-state index contributed by atoms with van der Waals surface area (Å²) >= 11 is 14.2. The topological polar surface area (TPSA) is 12.0 Å². The smallest absolute Gasteiger partial charge is 0.0453 e. The highest BCUT2D eigenvalue weighted by atomic mass is 35.5. The number of hydrogen-bond donors (Lipinski definition) is 1. The highest BCUT2D eigenvalue weighted by molar-refractivity contribution is 7.11. The van der Waals surface area contributed by atoms with Crippen molar-refractivity contribution in [2.24, 2.45) is 0 Å². The molecule has 21 heavy (non-hydrogen) atoms. The molecule has 1 heterocycles. The average molecular weight is 342 g/mol. The molecule has 0 aliphatic heterocycles. The van der Waals surface area contributed by atoms with E-state index in [2.05, 4.69) is 31.3 Å². The second-order valence-corrected chi connectivity index (χ2v) is 7.22. The summed E-state index contributed by atoms with van der Waals surface area (Å²) in [5, 5.41) is 5.01. The third kappa shape index (κ3) is 5.00. The Morgan fingerprint density at radius 2 is 1.81 bits per heavy atom. The van der Waals surface area contributed by atoms with E-state index in [1.807, 2.05) is 29.5 Å². The molecule has 0 saturated heterocycles. The highest BCUT2D eigenvalue weighted by Gasteiger charge is 2.13. The lowest BCUT2D eigenvalue weighted by atomic mass is 10.0. The number of rotatable bonds is 7. The lowest BCUT2D eigenvalue weighted by molar-refractivity contribution is 0.524. The van der Waals surface area contributed by atoms with Gasteiger partial charge in [-0.15, -0.1) is 11.3 Å². The van der Waals surface area contributed by atoms with Gasteiger partial charge in [0.05, 0.1) is 0 Å². The molecule has 1 unspecified atom stereocenters. The average Bonchev–Trinajstić information content (AvgIpc) is 2.90. The zero-order valence-electron chi connectivity index (χ0n) is 12.5. The van der Waals surface area contributed by atoms with Gasteiger partial charge in [0.15, 0.2) is 0 Å². The number of hydrogen-bond acceptors (Lipinski definition) is 2. The SMILES string of the molecule is CCNC(Cc1ccc(CC)s1)Cc1ccc(Cl)cc1Cl. The maximum absolute atomic E-state index is 6.29. The molecule has 2 rings (SSSR count). The molecule has 4 heteroatoms. The summed E-state index contributed by atoms with van der Waals surface area (Å²) in [7, 11) is 0. The van der Waals surface area contributed by atoms with Gasteiger partial charge in [-0.2, -0.15) is 0 Å². The van der Waals surface area contributed by atoms with Crippen LogP contribution in [0, 0.1) is 0 Å². The van der Waals surface area contributed by atoms with Gasteiger partial charge >= 0.3 is 0 Å². The fourth-order valence-electron chi connectivity index (χ4n) is 2.42. The van der Waals surface area contributed by atoms with E-state index in [4.69, 9.17) is 23.2 Å². The van der Waals surface area contributed by atoms with Gasteiger partial charge in [-0.1, -0.05) is 43.1 Å². The summed E-state index contributed by atoms with van der Waals surface area (Å²) in [6.45, 7) is 5.30. The highest BCUT2D eigenvalue weighted by Crippen LogP contribution is 2.24. The number of nitrogens with one attached hydrogen (secondary N) is 1. The van der Waals surface area contributed by atoms with Gasteiger partial charge in [0.25, 0.3) is 0 Å². The van der Waals surface area contributed by atoms with Gasteiger partial charge in [-0.3, -0.25) is 0 Å². The minimum atomic E-state index is 0.400. The van der Waals surface area contributed by atoms with Crippen molar-refractivity contribution in [3.8, 4) is 0 Å². The van der Waals surface area contributed by atoms with E-state index in [1.165, 1.54) is 9.75 Å². The van der Waals surface area contributed by atoms with Crippen molar-refractivity contribution in [2.45, 2.75) is 39.2 Å². The van der Waals surface area contributed by atoms with E-state index < -0.39 is 0 Å². The van der Waals surface area contributed by atoms with Crippen molar-refractivity contribution in [2.75, 3.05) is 6.54 Å². The lowest BCUT2D eigenvalue weighted by Crippen LogP contribution is -2.32. The van der Waals surface area contributed by atoms with Gasteiger partial charge < -0.3 is 5.32 Å². The molecule has 0 fully saturated rings. The fourth-order valence-corrected chi connectivity index (χ4v) is 3.95. The number of likely N-dealkylation sites (N-methyl/N-ethyl adjacent to an activating group) is 1. The molecule has 1 atom stereocenters. The number of benzene rings is 1. The molecule has 114 valence electrons. The number of halogens is 2. The first-order valence-corrected chi connectivity index (χ1v) is 8.94. The van der Waals surface area contributed by atoms with E-state index in [1.54, 1.807) is 0 Å². The summed E-state index contributed by atoms with van der Waals surface area (Å²) in [6, 6.07) is 10.6. The van der Waals surface area contributed by atoms with Crippen LogP contribution < -0.4 is 5.32 Å². The molecular formula is C17H21Cl2NS. The third-order valence-corrected chi connectivity index (χ3v) is 5.33. The standard InChI is InChI=1S/C17H21Cl2NS/c1-3-15-7-8-16(21-15)11-14(20-4-2)9-12-5-6-13(18)10-17(12)19/h5-8,10,14,20H,3-4,9,11H2,1-2H3. The minimum Gasteiger partial charge on any atom is -0.314 e. The second-order valence-electron chi connectivity index (χ2n) is 5.12. The van der Waals surface area contributed by atoms with Crippen molar-refractivity contribution in [3.05, 3.63) is 55.7 Å². The molecule has 1 nitrogen and oxygen atoms in total. The largest absolute Gasteiger partial charge is 0.314 e. The molecule has 0 saturated carbocycles. The van der Waals surface area contributed by atoms with Crippen molar-refractivity contribution < 1.29 is 0 Å². The van der Waals surface area contributed by atoms with Crippen LogP contribution in [0.25, 0.3) is 0 Å². The van der Waals surface area contributed by atoms with Gasteiger partial charge in [0.1, 0.15) is 0 Å². The molecule has 1 N–H and O–H groups in total. The molecule has 2 aromatic rings.